The summed E-state index contributed by atoms with van der Waals surface area (Å²) in [7, 11) is -1.80. The second-order valence-corrected chi connectivity index (χ2v) is 7.80. The number of sulfonamides is 1. The zero-order chi connectivity index (χ0) is 13.9. The molecule has 0 bridgehead atoms. The molecule has 0 unspecified atom stereocenters. The normalized spacial score (nSPS) is 12.4. The van der Waals surface area contributed by atoms with Gasteiger partial charge in [0.25, 0.3) is 0 Å². The van der Waals surface area contributed by atoms with Crippen molar-refractivity contribution < 1.29 is 8.42 Å². The Bertz CT molecular complexity index is 513. The van der Waals surface area contributed by atoms with Crippen molar-refractivity contribution in [2.24, 2.45) is 0 Å². The molecule has 0 aliphatic rings. The van der Waals surface area contributed by atoms with E-state index in [0.717, 1.165) is 17.3 Å². The van der Waals surface area contributed by atoms with E-state index in [4.69, 9.17) is 0 Å². The van der Waals surface area contributed by atoms with Crippen LogP contribution in [0.15, 0.2) is 32.0 Å². The Morgan fingerprint density at radius 2 is 1.78 bits per heavy atom. The predicted molar refractivity (Wildman–Crippen MR) is 81.2 cm³/mol. The van der Waals surface area contributed by atoms with Gasteiger partial charge in [-0.3, -0.25) is 0 Å². The molecule has 0 aliphatic carbocycles. The van der Waals surface area contributed by atoms with Crippen LogP contribution in [0.4, 0.5) is 0 Å². The molecule has 0 N–H and O–H groups in total. The van der Waals surface area contributed by atoms with Crippen LogP contribution in [0.1, 0.15) is 26.7 Å². The van der Waals surface area contributed by atoms with E-state index < -0.39 is 10.0 Å². The Morgan fingerprint density at radius 1 is 1.22 bits per heavy atom. The van der Waals surface area contributed by atoms with Gasteiger partial charge in [-0.15, -0.1) is 0 Å². The third-order valence-electron chi connectivity index (χ3n) is 3.01. The van der Waals surface area contributed by atoms with Crippen LogP contribution in [0.3, 0.4) is 0 Å². The van der Waals surface area contributed by atoms with E-state index in [1.165, 1.54) is 4.31 Å². The van der Waals surface area contributed by atoms with Crippen molar-refractivity contribution in [2.45, 2.75) is 37.6 Å². The lowest BCUT2D eigenvalue weighted by atomic mass is 10.2. The molecule has 0 radical (unpaired) electrons. The van der Waals surface area contributed by atoms with Gasteiger partial charge in [0, 0.05) is 22.0 Å². The molecule has 1 aromatic carbocycles. The average molecular weight is 399 g/mol. The number of benzene rings is 1. The van der Waals surface area contributed by atoms with Gasteiger partial charge in [-0.1, -0.05) is 29.8 Å². The predicted octanol–water partition coefficient (Wildman–Crippen LogP) is 4.02. The molecule has 1 rings (SSSR count). The zero-order valence-corrected chi connectivity index (χ0v) is 14.6. The van der Waals surface area contributed by atoms with E-state index in [2.05, 4.69) is 31.9 Å². The first-order chi connectivity index (χ1) is 8.34. The van der Waals surface area contributed by atoms with Crippen LogP contribution in [0, 0.1) is 0 Å². The van der Waals surface area contributed by atoms with Crippen LogP contribution in [-0.4, -0.2) is 25.8 Å². The summed E-state index contributed by atoms with van der Waals surface area (Å²) in [5.41, 5.74) is 0. The smallest absolute Gasteiger partial charge is 0.207 e. The molecule has 0 saturated carbocycles. The highest BCUT2D eigenvalue weighted by Crippen LogP contribution is 2.29. The van der Waals surface area contributed by atoms with E-state index in [-0.39, 0.29) is 6.04 Å². The highest BCUT2D eigenvalue weighted by molar-refractivity contribution is 9.11. The third kappa shape index (κ3) is 3.35. The molecule has 0 atom stereocenters. The summed E-state index contributed by atoms with van der Waals surface area (Å²) in [6.07, 6.45) is 1.61. The summed E-state index contributed by atoms with van der Waals surface area (Å²) in [5, 5.41) is 0. The Kier molecular flexibility index (Phi) is 5.83. The van der Waals surface area contributed by atoms with E-state index in [1.54, 1.807) is 25.2 Å². The summed E-state index contributed by atoms with van der Waals surface area (Å²) in [6.45, 7) is 3.99. The van der Waals surface area contributed by atoms with Gasteiger partial charge >= 0.3 is 0 Å². The number of hydrogen-bond donors (Lipinski definition) is 0. The van der Waals surface area contributed by atoms with Crippen molar-refractivity contribution in [2.75, 3.05) is 7.05 Å². The number of hydrogen-bond acceptors (Lipinski definition) is 2. The minimum atomic E-state index is -3.44. The highest BCUT2D eigenvalue weighted by atomic mass is 79.9. The third-order valence-corrected chi connectivity index (χ3v) is 6.39. The van der Waals surface area contributed by atoms with Crippen molar-refractivity contribution >= 4 is 41.9 Å². The first-order valence-electron chi connectivity index (χ1n) is 5.77. The van der Waals surface area contributed by atoms with Crippen molar-refractivity contribution in [3.8, 4) is 0 Å². The van der Waals surface area contributed by atoms with Gasteiger partial charge in [0.05, 0.1) is 4.90 Å². The Balaban J connectivity index is 3.21. The van der Waals surface area contributed by atoms with Gasteiger partial charge in [-0.25, -0.2) is 8.42 Å². The fraction of sp³-hybridized carbons (Fsp3) is 0.500. The molecule has 0 aliphatic heterocycles. The van der Waals surface area contributed by atoms with Gasteiger partial charge in [0.15, 0.2) is 0 Å². The fourth-order valence-corrected chi connectivity index (χ4v) is 5.05. The lowest BCUT2D eigenvalue weighted by Gasteiger charge is -2.26. The van der Waals surface area contributed by atoms with Gasteiger partial charge in [-0.05, 0) is 47.0 Å². The quantitative estimate of drug-likeness (QED) is 0.750. The van der Waals surface area contributed by atoms with Crippen LogP contribution in [0.5, 0.6) is 0 Å². The van der Waals surface area contributed by atoms with Crippen LogP contribution in [-0.2, 0) is 10.0 Å². The summed E-state index contributed by atoms with van der Waals surface area (Å²) >= 11 is 6.63. The van der Waals surface area contributed by atoms with Gasteiger partial charge < -0.3 is 0 Å². The van der Waals surface area contributed by atoms with Crippen LogP contribution in [0.2, 0.25) is 0 Å². The second-order valence-electron chi connectivity index (χ2n) is 4.07. The molecular formula is C12H17Br2NO2S. The fourth-order valence-electron chi connectivity index (χ4n) is 1.84. The Labute approximate surface area is 126 Å². The largest absolute Gasteiger partial charge is 0.244 e. The lowest BCUT2D eigenvalue weighted by Crippen LogP contribution is -2.36. The van der Waals surface area contributed by atoms with Crippen molar-refractivity contribution in [3.63, 3.8) is 0 Å². The monoisotopic (exact) mass is 397 g/mol. The van der Waals surface area contributed by atoms with Crippen molar-refractivity contribution in [1.82, 2.24) is 4.31 Å². The van der Waals surface area contributed by atoms with E-state index in [9.17, 15) is 8.42 Å². The summed E-state index contributed by atoms with van der Waals surface area (Å²) in [6, 6.07) is 5.12. The molecule has 18 heavy (non-hydrogen) atoms. The number of halogens is 2. The number of nitrogens with zero attached hydrogens (tertiary/aromatic N) is 1. The molecule has 0 heterocycles. The topological polar surface area (TPSA) is 37.4 Å². The highest BCUT2D eigenvalue weighted by Gasteiger charge is 2.27. The molecule has 0 fully saturated rings. The van der Waals surface area contributed by atoms with Crippen molar-refractivity contribution in [3.05, 3.63) is 27.1 Å². The molecule has 0 amide bonds. The van der Waals surface area contributed by atoms with Crippen molar-refractivity contribution in [1.29, 1.82) is 0 Å². The molecule has 102 valence electrons. The maximum atomic E-state index is 12.5. The van der Waals surface area contributed by atoms with Crippen LogP contribution >= 0.6 is 31.9 Å². The summed E-state index contributed by atoms with van der Waals surface area (Å²) < 4.78 is 27.9. The molecule has 3 nitrogen and oxygen atoms in total. The van der Waals surface area contributed by atoms with E-state index >= 15 is 0 Å². The maximum absolute atomic E-state index is 12.5. The second kappa shape index (κ2) is 6.50. The molecular weight excluding hydrogens is 382 g/mol. The Hall–Kier alpha value is 0.0900. The summed E-state index contributed by atoms with van der Waals surface area (Å²) in [5.74, 6) is 0. The van der Waals surface area contributed by atoms with Gasteiger partial charge in [-0.2, -0.15) is 4.31 Å². The molecule has 0 aromatic heterocycles. The first-order valence-corrected chi connectivity index (χ1v) is 8.80. The molecule has 6 heteroatoms. The Morgan fingerprint density at radius 3 is 2.22 bits per heavy atom. The minimum Gasteiger partial charge on any atom is -0.207 e. The van der Waals surface area contributed by atoms with Crippen LogP contribution in [0.25, 0.3) is 0 Å². The first kappa shape index (κ1) is 16.1. The SMILES string of the molecule is CCC(CC)N(C)S(=O)(=O)c1ccc(Br)cc1Br. The number of rotatable bonds is 5. The van der Waals surface area contributed by atoms with Gasteiger partial charge in [0.2, 0.25) is 10.0 Å². The molecule has 0 spiro atoms. The van der Waals surface area contributed by atoms with Gasteiger partial charge in [0.1, 0.15) is 0 Å². The van der Waals surface area contributed by atoms with Crippen LogP contribution < -0.4 is 0 Å². The summed E-state index contributed by atoms with van der Waals surface area (Å²) in [4.78, 5) is 0.306. The molecule has 0 saturated heterocycles. The molecule has 1 aromatic rings. The lowest BCUT2D eigenvalue weighted by molar-refractivity contribution is 0.349. The average Bonchev–Trinajstić information content (AvgIpc) is 2.29. The van der Waals surface area contributed by atoms with E-state index in [0.29, 0.717) is 9.37 Å². The van der Waals surface area contributed by atoms with E-state index in [1.807, 2.05) is 13.8 Å². The maximum Gasteiger partial charge on any atom is 0.244 e. The minimum absolute atomic E-state index is 0.0329. The zero-order valence-electron chi connectivity index (χ0n) is 10.7. The standard InChI is InChI=1S/C12H17Br2NO2S/c1-4-10(5-2)15(3)18(16,17)12-7-6-9(13)8-11(12)14/h6-8,10H,4-5H2,1-3H3.